The lowest BCUT2D eigenvalue weighted by Gasteiger charge is -2.47. The van der Waals surface area contributed by atoms with Crippen molar-refractivity contribution in [1.29, 1.82) is 0 Å². The van der Waals surface area contributed by atoms with Crippen molar-refractivity contribution in [2.24, 2.45) is 11.3 Å². The molecule has 234 valence electrons. The number of amides is 3. The predicted molar refractivity (Wildman–Crippen MR) is 165 cm³/mol. The first-order chi connectivity index (χ1) is 21.4. The summed E-state index contributed by atoms with van der Waals surface area (Å²) in [4.78, 5) is 31.4. The number of carbonyl (C=O) groups excluding carboxylic acids is 2. The van der Waals surface area contributed by atoms with Crippen molar-refractivity contribution in [3.05, 3.63) is 47.6 Å². The first-order valence-corrected chi connectivity index (χ1v) is 15.3. The minimum Gasteiger partial charge on any atom is -0.493 e. The summed E-state index contributed by atoms with van der Waals surface area (Å²) in [5, 5.41) is 6.65. The number of benzene rings is 2. The van der Waals surface area contributed by atoms with E-state index in [9.17, 15) is 9.59 Å². The zero-order chi connectivity index (χ0) is 30.5. The molecule has 0 aliphatic carbocycles. The Morgan fingerprint density at radius 2 is 1.89 bits per heavy atom. The minimum atomic E-state index is -0.330. The quantitative estimate of drug-likeness (QED) is 0.278. The van der Waals surface area contributed by atoms with Crippen LogP contribution in [0.15, 0.2) is 42.6 Å². The highest BCUT2D eigenvalue weighted by atomic mass is 35.5. The molecule has 11 nitrogen and oxygen atoms in total. The number of methoxy groups -OCH3 is 1. The molecular weight excluding hydrogens is 588 g/mol. The third-order valence-corrected chi connectivity index (χ3v) is 8.76. The van der Waals surface area contributed by atoms with E-state index >= 15 is 0 Å². The number of ether oxygens (including phenoxy) is 5. The molecule has 3 aromatic rings. The number of urea groups is 1. The zero-order valence-electron chi connectivity index (χ0n) is 24.7. The van der Waals surface area contributed by atoms with Crippen molar-refractivity contribution >= 4 is 40.1 Å². The van der Waals surface area contributed by atoms with Crippen molar-refractivity contribution in [2.75, 3.05) is 65.1 Å². The van der Waals surface area contributed by atoms with Gasteiger partial charge in [0.05, 0.1) is 56.4 Å². The van der Waals surface area contributed by atoms with E-state index in [4.69, 9.17) is 35.3 Å². The van der Waals surface area contributed by atoms with Gasteiger partial charge >= 0.3 is 6.03 Å². The number of hydrogen-bond donors (Lipinski definition) is 2. The molecule has 0 atom stereocenters. The van der Waals surface area contributed by atoms with Gasteiger partial charge in [0.25, 0.3) is 0 Å². The van der Waals surface area contributed by atoms with Crippen LogP contribution in [0.2, 0.25) is 5.02 Å². The fourth-order valence-electron chi connectivity index (χ4n) is 5.56. The summed E-state index contributed by atoms with van der Waals surface area (Å²) in [5.74, 6) is 2.64. The lowest BCUT2D eigenvalue weighted by molar-refractivity contribution is -0.153. The molecule has 3 fully saturated rings. The SMILES string of the molecule is COc1cc2c(Oc3ccc(NC(=O)NCC4COC4)c(Cl)c3)ccnc2cc1OCCCC(=O)N1CCC2(CC1)COC2. The van der Waals surface area contributed by atoms with Gasteiger partial charge in [-0.15, -0.1) is 0 Å². The van der Waals surface area contributed by atoms with Gasteiger partial charge in [-0.1, -0.05) is 11.6 Å². The number of nitrogens with zero attached hydrogens (tertiary/aromatic N) is 2. The largest absolute Gasteiger partial charge is 0.493 e. The number of aromatic nitrogens is 1. The molecule has 3 amide bonds. The highest BCUT2D eigenvalue weighted by molar-refractivity contribution is 6.33. The van der Waals surface area contributed by atoms with Crippen LogP contribution >= 0.6 is 11.6 Å². The Kier molecular flexibility index (Phi) is 9.25. The Morgan fingerprint density at radius 3 is 2.57 bits per heavy atom. The molecule has 0 saturated carbocycles. The average molecular weight is 625 g/mol. The fourth-order valence-corrected chi connectivity index (χ4v) is 5.77. The second-order valence-corrected chi connectivity index (χ2v) is 12.0. The van der Waals surface area contributed by atoms with Gasteiger partial charge in [0, 0.05) is 61.1 Å². The Balaban J connectivity index is 1.04. The summed E-state index contributed by atoms with van der Waals surface area (Å²) >= 11 is 6.45. The zero-order valence-corrected chi connectivity index (χ0v) is 25.5. The number of rotatable bonds is 11. The molecule has 0 radical (unpaired) electrons. The van der Waals surface area contributed by atoms with Gasteiger partial charge in [-0.3, -0.25) is 9.78 Å². The highest BCUT2D eigenvalue weighted by Gasteiger charge is 2.41. The summed E-state index contributed by atoms with van der Waals surface area (Å²) in [7, 11) is 1.58. The molecule has 2 N–H and O–H groups in total. The molecule has 3 saturated heterocycles. The normalized spacial score (nSPS) is 17.5. The predicted octanol–water partition coefficient (Wildman–Crippen LogP) is 5.26. The molecule has 1 spiro atoms. The minimum absolute atomic E-state index is 0.171. The summed E-state index contributed by atoms with van der Waals surface area (Å²) in [6, 6.07) is 10.1. The van der Waals surface area contributed by atoms with E-state index in [0.29, 0.717) is 89.8 Å². The maximum absolute atomic E-state index is 12.7. The molecule has 6 rings (SSSR count). The molecule has 12 heteroatoms. The lowest BCUT2D eigenvalue weighted by Crippen LogP contribution is -2.52. The maximum atomic E-state index is 12.7. The van der Waals surface area contributed by atoms with Gasteiger partial charge < -0.3 is 39.2 Å². The van der Waals surface area contributed by atoms with Crippen molar-refractivity contribution in [2.45, 2.75) is 25.7 Å². The van der Waals surface area contributed by atoms with E-state index < -0.39 is 0 Å². The van der Waals surface area contributed by atoms with Gasteiger partial charge in [0.15, 0.2) is 11.5 Å². The van der Waals surface area contributed by atoms with Crippen LogP contribution in [-0.2, 0) is 14.3 Å². The third kappa shape index (κ3) is 6.95. The van der Waals surface area contributed by atoms with E-state index in [2.05, 4.69) is 15.6 Å². The molecular formula is C32H37ClN4O7. The van der Waals surface area contributed by atoms with Crippen molar-refractivity contribution in [3.63, 3.8) is 0 Å². The van der Waals surface area contributed by atoms with E-state index in [1.54, 1.807) is 37.6 Å². The number of carbonyl (C=O) groups is 2. The topological polar surface area (TPSA) is 120 Å². The van der Waals surface area contributed by atoms with Crippen LogP contribution in [-0.4, -0.2) is 81.6 Å². The summed E-state index contributed by atoms with van der Waals surface area (Å²) < 4.78 is 28.3. The molecule has 0 bridgehead atoms. The Labute approximate surface area is 261 Å². The smallest absolute Gasteiger partial charge is 0.319 e. The second-order valence-electron chi connectivity index (χ2n) is 11.6. The number of piperidine rings is 1. The number of pyridine rings is 1. The second kappa shape index (κ2) is 13.5. The lowest BCUT2D eigenvalue weighted by atomic mass is 9.77. The Morgan fingerprint density at radius 1 is 1.07 bits per heavy atom. The number of anilines is 1. The number of nitrogens with one attached hydrogen (secondary N) is 2. The summed E-state index contributed by atoms with van der Waals surface area (Å²) in [6.07, 6.45) is 4.73. The van der Waals surface area contributed by atoms with Crippen LogP contribution in [0.5, 0.6) is 23.0 Å². The molecule has 2 aromatic carbocycles. The highest BCUT2D eigenvalue weighted by Crippen LogP contribution is 2.39. The average Bonchev–Trinajstić information content (AvgIpc) is 2.99. The maximum Gasteiger partial charge on any atom is 0.319 e. The molecule has 3 aliphatic rings. The van der Waals surface area contributed by atoms with Crippen LogP contribution < -0.4 is 24.8 Å². The molecule has 4 heterocycles. The van der Waals surface area contributed by atoms with Crippen LogP contribution in [0, 0.1) is 11.3 Å². The Hall–Kier alpha value is -3.80. The van der Waals surface area contributed by atoms with Crippen LogP contribution in [0.1, 0.15) is 25.7 Å². The third-order valence-electron chi connectivity index (χ3n) is 8.45. The first-order valence-electron chi connectivity index (χ1n) is 15.0. The fraction of sp³-hybridized carbons (Fsp3) is 0.469. The van der Waals surface area contributed by atoms with Gasteiger partial charge in [-0.05, 0) is 43.5 Å². The van der Waals surface area contributed by atoms with Gasteiger partial charge in [0.1, 0.15) is 11.5 Å². The van der Waals surface area contributed by atoms with Gasteiger partial charge in [-0.25, -0.2) is 4.79 Å². The number of hydrogen-bond acceptors (Lipinski definition) is 8. The monoisotopic (exact) mass is 624 g/mol. The van der Waals surface area contributed by atoms with Crippen molar-refractivity contribution in [3.8, 4) is 23.0 Å². The van der Waals surface area contributed by atoms with E-state index in [1.807, 2.05) is 17.0 Å². The molecule has 44 heavy (non-hydrogen) atoms. The van der Waals surface area contributed by atoms with Gasteiger partial charge in [-0.2, -0.15) is 0 Å². The van der Waals surface area contributed by atoms with Crippen molar-refractivity contribution < 1.29 is 33.3 Å². The van der Waals surface area contributed by atoms with Gasteiger partial charge in [0.2, 0.25) is 5.91 Å². The summed E-state index contributed by atoms with van der Waals surface area (Å²) in [6.45, 7) is 5.52. The molecule has 1 aromatic heterocycles. The number of likely N-dealkylation sites (tertiary alicyclic amines) is 1. The van der Waals surface area contributed by atoms with Crippen LogP contribution in [0.3, 0.4) is 0 Å². The molecule has 3 aliphatic heterocycles. The van der Waals surface area contributed by atoms with E-state index in [1.165, 1.54) is 0 Å². The van der Waals surface area contributed by atoms with E-state index in [0.717, 1.165) is 44.5 Å². The number of halogens is 1. The van der Waals surface area contributed by atoms with Crippen LogP contribution in [0.4, 0.5) is 10.5 Å². The standard InChI is InChI=1S/C32H37ClN4O7/c1-40-28-14-23-26(15-29(28)43-12-2-3-30(38)37-10-7-32(8-11-37)19-42-20-32)34-9-6-27(23)44-22-4-5-25(24(33)13-22)36-31(39)35-16-21-17-41-18-21/h4-6,9,13-15,21H,2-3,7-8,10-12,16-20H2,1H3,(H2,35,36,39). The molecule has 0 unspecified atom stereocenters. The first kappa shape index (κ1) is 30.2. The summed E-state index contributed by atoms with van der Waals surface area (Å²) in [5.41, 5.74) is 1.44. The van der Waals surface area contributed by atoms with Crippen LogP contribution in [0.25, 0.3) is 10.9 Å². The number of fused-ring (bicyclic) bond motifs is 1. The Bertz CT molecular complexity index is 1500. The van der Waals surface area contributed by atoms with Crippen molar-refractivity contribution in [1.82, 2.24) is 15.2 Å². The van der Waals surface area contributed by atoms with E-state index in [-0.39, 0.29) is 11.9 Å².